The molecule has 20 heavy (non-hydrogen) atoms. The Labute approximate surface area is 120 Å². The van der Waals surface area contributed by atoms with Gasteiger partial charge in [0.1, 0.15) is 0 Å². The van der Waals surface area contributed by atoms with E-state index in [1.54, 1.807) is 28.4 Å². The highest BCUT2D eigenvalue weighted by Gasteiger charge is 2.34. The maximum absolute atomic E-state index is 12.6. The van der Waals surface area contributed by atoms with Crippen molar-refractivity contribution < 1.29 is 15.0 Å². The Bertz CT molecular complexity index is 620. The second-order valence-corrected chi connectivity index (χ2v) is 5.95. The van der Waals surface area contributed by atoms with Crippen LogP contribution in [0, 0.1) is 0 Å². The van der Waals surface area contributed by atoms with E-state index < -0.39 is 0 Å². The summed E-state index contributed by atoms with van der Waals surface area (Å²) in [4.78, 5) is 15.5. The number of phenolic OH excluding ortho intramolecular Hbond substituents is 2. The van der Waals surface area contributed by atoms with Gasteiger partial charge in [-0.15, -0.1) is 11.3 Å². The van der Waals surface area contributed by atoms with Crippen molar-refractivity contribution in [3.8, 4) is 11.5 Å². The average molecular weight is 289 g/mol. The van der Waals surface area contributed by atoms with Crippen LogP contribution in [0.3, 0.4) is 0 Å². The molecule has 3 rings (SSSR count). The number of amides is 1. The van der Waals surface area contributed by atoms with Gasteiger partial charge < -0.3 is 15.1 Å². The standard InChI is InChI=1S/C15H15NO3S/c17-13-5-1-4-12(14(13)18)15(19)16(10-6-7-10)9-11-3-2-8-20-11/h1-5,8,10,17-18H,6-7,9H2. The molecule has 2 aromatic rings. The number of rotatable bonds is 4. The maximum Gasteiger partial charge on any atom is 0.258 e. The number of nitrogens with zero attached hydrogens (tertiary/aromatic N) is 1. The molecule has 1 aromatic carbocycles. The monoisotopic (exact) mass is 289 g/mol. The zero-order valence-electron chi connectivity index (χ0n) is 10.8. The largest absolute Gasteiger partial charge is 0.504 e. The molecule has 1 amide bonds. The van der Waals surface area contributed by atoms with Crippen molar-refractivity contribution in [2.24, 2.45) is 0 Å². The number of carbonyl (C=O) groups is 1. The minimum atomic E-state index is -0.339. The number of hydrogen-bond acceptors (Lipinski definition) is 4. The molecule has 1 saturated carbocycles. The molecule has 104 valence electrons. The maximum atomic E-state index is 12.6. The number of aromatic hydroxyl groups is 2. The van der Waals surface area contributed by atoms with Crippen LogP contribution in [0.5, 0.6) is 11.5 Å². The van der Waals surface area contributed by atoms with Crippen LogP contribution in [0.4, 0.5) is 0 Å². The molecular formula is C15H15NO3S. The number of phenols is 2. The van der Waals surface area contributed by atoms with Gasteiger partial charge in [-0.25, -0.2) is 0 Å². The first-order valence-corrected chi connectivity index (χ1v) is 7.39. The molecule has 0 bridgehead atoms. The molecule has 1 aromatic heterocycles. The molecule has 1 aliphatic rings. The van der Waals surface area contributed by atoms with Crippen LogP contribution in [-0.2, 0) is 6.54 Å². The van der Waals surface area contributed by atoms with Crippen molar-refractivity contribution in [2.75, 3.05) is 0 Å². The Morgan fingerprint density at radius 3 is 2.70 bits per heavy atom. The first-order valence-electron chi connectivity index (χ1n) is 6.51. The molecule has 0 atom stereocenters. The van der Waals surface area contributed by atoms with Crippen LogP contribution >= 0.6 is 11.3 Å². The SMILES string of the molecule is O=C(c1cccc(O)c1O)N(Cc1cccs1)C1CC1. The van der Waals surface area contributed by atoms with Gasteiger partial charge in [-0.05, 0) is 36.4 Å². The summed E-state index contributed by atoms with van der Waals surface area (Å²) in [5.74, 6) is -0.827. The van der Waals surface area contributed by atoms with Crippen molar-refractivity contribution in [3.63, 3.8) is 0 Å². The highest BCUT2D eigenvalue weighted by atomic mass is 32.1. The minimum Gasteiger partial charge on any atom is -0.504 e. The lowest BCUT2D eigenvalue weighted by atomic mass is 10.1. The molecule has 5 heteroatoms. The zero-order valence-corrected chi connectivity index (χ0v) is 11.6. The number of carbonyl (C=O) groups excluding carboxylic acids is 1. The van der Waals surface area contributed by atoms with Gasteiger partial charge in [0.15, 0.2) is 11.5 Å². The van der Waals surface area contributed by atoms with E-state index in [1.807, 2.05) is 17.5 Å². The molecule has 1 heterocycles. The smallest absolute Gasteiger partial charge is 0.258 e. The fraction of sp³-hybridized carbons (Fsp3) is 0.267. The number of benzene rings is 1. The number of hydrogen-bond donors (Lipinski definition) is 2. The average Bonchev–Trinajstić information content (AvgIpc) is 3.15. The molecular weight excluding hydrogens is 274 g/mol. The van der Waals surface area contributed by atoms with E-state index >= 15 is 0 Å². The lowest BCUT2D eigenvalue weighted by Crippen LogP contribution is -2.32. The van der Waals surface area contributed by atoms with Gasteiger partial charge in [-0.3, -0.25) is 4.79 Å². The summed E-state index contributed by atoms with van der Waals surface area (Å²) in [5, 5.41) is 21.4. The summed E-state index contributed by atoms with van der Waals surface area (Å²) in [5.41, 5.74) is 0.161. The van der Waals surface area contributed by atoms with Crippen molar-refractivity contribution in [3.05, 3.63) is 46.2 Å². The minimum absolute atomic E-state index is 0.161. The summed E-state index contributed by atoms with van der Waals surface area (Å²) in [6.07, 6.45) is 1.99. The third-order valence-corrected chi connectivity index (χ3v) is 4.26. The van der Waals surface area contributed by atoms with Crippen LogP contribution in [-0.4, -0.2) is 27.1 Å². The van der Waals surface area contributed by atoms with Gasteiger partial charge in [0.05, 0.1) is 12.1 Å². The van der Waals surface area contributed by atoms with E-state index in [2.05, 4.69) is 0 Å². The summed E-state index contributed by atoms with van der Waals surface area (Å²) >= 11 is 1.61. The molecule has 0 radical (unpaired) electrons. The molecule has 4 nitrogen and oxygen atoms in total. The fourth-order valence-corrected chi connectivity index (χ4v) is 2.88. The van der Waals surface area contributed by atoms with Crippen LogP contribution in [0.2, 0.25) is 0 Å². The fourth-order valence-electron chi connectivity index (χ4n) is 2.18. The second kappa shape index (κ2) is 5.17. The summed E-state index contributed by atoms with van der Waals surface area (Å²) in [6.45, 7) is 0.552. The van der Waals surface area contributed by atoms with Gasteiger partial charge in [-0.2, -0.15) is 0 Å². The van der Waals surface area contributed by atoms with Crippen LogP contribution < -0.4 is 0 Å². The predicted molar refractivity (Wildman–Crippen MR) is 77.0 cm³/mol. The highest BCUT2D eigenvalue weighted by Crippen LogP contribution is 2.34. The Morgan fingerprint density at radius 2 is 2.05 bits per heavy atom. The van der Waals surface area contributed by atoms with E-state index in [0.29, 0.717) is 6.54 Å². The Morgan fingerprint density at radius 1 is 1.25 bits per heavy atom. The topological polar surface area (TPSA) is 60.8 Å². The van der Waals surface area contributed by atoms with Crippen LogP contribution in [0.15, 0.2) is 35.7 Å². The van der Waals surface area contributed by atoms with E-state index in [-0.39, 0.29) is 29.0 Å². The molecule has 0 aliphatic heterocycles. The Balaban J connectivity index is 1.87. The molecule has 1 aliphatic carbocycles. The third kappa shape index (κ3) is 2.49. The lowest BCUT2D eigenvalue weighted by molar-refractivity contribution is 0.0728. The number of thiophene rings is 1. The summed E-state index contributed by atoms with van der Waals surface area (Å²) < 4.78 is 0. The second-order valence-electron chi connectivity index (χ2n) is 4.92. The molecule has 2 N–H and O–H groups in total. The molecule has 1 fully saturated rings. The Kier molecular flexibility index (Phi) is 3.36. The van der Waals surface area contributed by atoms with E-state index in [9.17, 15) is 15.0 Å². The van der Waals surface area contributed by atoms with Gasteiger partial charge in [0.2, 0.25) is 0 Å². The molecule has 0 saturated heterocycles. The van der Waals surface area contributed by atoms with Gasteiger partial charge >= 0.3 is 0 Å². The zero-order chi connectivity index (χ0) is 14.1. The van der Waals surface area contributed by atoms with Crippen LogP contribution in [0.25, 0.3) is 0 Å². The first-order chi connectivity index (χ1) is 9.66. The predicted octanol–water partition coefficient (Wildman–Crippen LogP) is 2.96. The van der Waals surface area contributed by atoms with Crippen molar-refractivity contribution in [1.29, 1.82) is 0 Å². The highest BCUT2D eigenvalue weighted by molar-refractivity contribution is 7.09. The molecule has 0 spiro atoms. The van der Waals surface area contributed by atoms with E-state index in [1.165, 1.54) is 6.07 Å². The quantitative estimate of drug-likeness (QED) is 0.851. The normalized spacial score (nSPS) is 14.2. The molecule has 0 unspecified atom stereocenters. The van der Waals surface area contributed by atoms with Crippen molar-refractivity contribution in [2.45, 2.75) is 25.4 Å². The van der Waals surface area contributed by atoms with Crippen molar-refractivity contribution in [1.82, 2.24) is 4.90 Å². The number of para-hydroxylation sites is 1. The van der Waals surface area contributed by atoms with Gasteiger partial charge in [-0.1, -0.05) is 12.1 Å². The van der Waals surface area contributed by atoms with Gasteiger partial charge in [0.25, 0.3) is 5.91 Å². The lowest BCUT2D eigenvalue weighted by Gasteiger charge is -2.22. The van der Waals surface area contributed by atoms with E-state index in [4.69, 9.17) is 0 Å². The van der Waals surface area contributed by atoms with Crippen LogP contribution in [0.1, 0.15) is 28.1 Å². The van der Waals surface area contributed by atoms with Gasteiger partial charge in [0, 0.05) is 10.9 Å². The first kappa shape index (κ1) is 13.0. The van der Waals surface area contributed by atoms with Crippen molar-refractivity contribution >= 4 is 17.2 Å². The van der Waals surface area contributed by atoms with E-state index in [0.717, 1.165) is 17.7 Å². The third-order valence-electron chi connectivity index (χ3n) is 3.40. The Hall–Kier alpha value is -2.01. The summed E-state index contributed by atoms with van der Waals surface area (Å²) in [6, 6.07) is 8.68. The summed E-state index contributed by atoms with van der Waals surface area (Å²) in [7, 11) is 0.